The molecule has 1 atom stereocenters. The van der Waals surface area contributed by atoms with E-state index >= 15 is 0 Å². The quantitative estimate of drug-likeness (QED) is 0.384. The van der Waals surface area contributed by atoms with E-state index in [1.165, 1.54) is 5.30 Å². The van der Waals surface area contributed by atoms with Crippen molar-refractivity contribution in [3.63, 3.8) is 0 Å². The zero-order valence-electron chi connectivity index (χ0n) is 4.46. The number of hydrogen-bond donors (Lipinski definition) is 0. The first-order valence-corrected chi connectivity index (χ1v) is 3.53. The van der Waals surface area contributed by atoms with Crippen molar-refractivity contribution >= 4 is 21.3 Å². The van der Waals surface area contributed by atoms with Crippen LogP contribution < -0.4 is 5.30 Å². The molecule has 1 unspecified atom stereocenters. The molecule has 0 spiro atoms. The zero-order chi connectivity index (χ0) is 5.82. The van der Waals surface area contributed by atoms with Gasteiger partial charge in [0, 0.05) is 0 Å². The molecule has 0 bridgehead atoms. The lowest BCUT2D eigenvalue weighted by molar-refractivity contribution is 1.78. The van der Waals surface area contributed by atoms with E-state index in [1.54, 1.807) is 0 Å². The van der Waals surface area contributed by atoms with Crippen molar-refractivity contribution in [2.24, 2.45) is 0 Å². The highest BCUT2D eigenvalue weighted by Gasteiger charge is 1.72. The Morgan fingerprint density at radius 3 is 2.12 bits per heavy atom. The Labute approximate surface area is 52.5 Å². The highest BCUT2D eigenvalue weighted by Crippen LogP contribution is 1.99. The minimum absolute atomic E-state index is 0.430. The Morgan fingerprint density at radius 1 is 1.12 bits per heavy atom. The van der Waals surface area contributed by atoms with E-state index in [4.69, 9.17) is 7.57 Å². The third-order valence-electron chi connectivity index (χ3n) is 0.940. The molecular weight excluding hydrogens is 114 g/mol. The van der Waals surface area contributed by atoms with Gasteiger partial charge in [0.15, 0.2) is 0 Å². The highest BCUT2D eigenvalue weighted by atomic mass is 31.1. The van der Waals surface area contributed by atoms with Crippen LogP contribution in [0.3, 0.4) is 0 Å². The van der Waals surface area contributed by atoms with Gasteiger partial charge in [0.05, 0.1) is 0 Å². The summed E-state index contributed by atoms with van der Waals surface area (Å²) in [5.74, 6) is 0. The molecule has 0 fully saturated rings. The fourth-order valence-electron chi connectivity index (χ4n) is 0.534. The van der Waals surface area contributed by atoms with Crippen LogP contribution in [-0.2, 0) is 0 Å². The van der Waals surface area contributed by atoms with Crippen LogP contribution in [0.4, 0.5) is 0 Å². The molecule has 0 nitrogen and oxygen atoms in total. The molecule has 2 heteroatoms. The van der Waals surface area contributed by atoms with Crippen LogP contribution in [0, 0.1) is 0 Å². The number of benzene rings is 1. The molecule has 1 aromatic carbocycles. The summed E-state index contributed by atoms with van der Waals surface area (Å²) in [6, 6.07) is 10.0. The predicted octanol–water partition coefficient (Wildman–Crippen LogP) is 1.07. The molecule has 0 N–H and O–H groups in total. The van der Waals surface area contributed by atoms with E-state index in [0.29, 0.717) is 8.46 Å². The molecule has 0 saturated heterocycles. The second-order valence-corrected chi connectivity index (χ2v) is 2.38. The van der Waals surface area contributed by atoms with Crippen molar-refractivity contribution in [2.75, 3.05) is 0 Å². The monoisotopic (exact) mass is 120 g/mol. The van der Waals surface area contributed by atoms with Crippen LogP contribution in [-0.4, -0.2) is 7.57 Å². The van der Waals surface area contributed by atoms with Gasteiger partial charge in [0.2, 0.25) is 0 Å². The summed E-state index contributed by atoms with van der Waals surface area (Å²) in [6.07, 6.45) is 0. The number of hydrogen-bond acceptors (Lipinski definition) is 0. The van der Waals surface area contributed by atoms with E-state index in [1.807, 2.05) is 30.3 Å². The maximum atomic E-state index is 5.38. The maximum absolute atomic E-state index is 5.38. The molecule has 8 heavy (non-hydrogen) atoms. The minimum Gasteiger partial charge on any atom is -0.578 e. The third-order valence-corrected chi connectivity index (χ3v) is 1.61. The van der Waals surface area contributed by atoms with Crippen molar-refractivity contribution in [3.8, 4) is 0 Å². The normalized spacial score (nSPS) is 10.6. The van der Waals surface area contributed by atoms with E-state index in [2.05, 4.69) is 0 Å². The van der Waals surface area contributed by atoms with Gasteiger partial charge in [-0.1, -0.05) is 35.6 Å². The Balaban J connectivity index is 2.83. The second-order valence-electron chi connectivity index (χ2n) is 1.51. The molecule has 0 heterocycles. The van der Waals surface area contributed by atoms with E-state index < -0.39 is 0 Å². The summed E-state index contributed by atoms with van der Waals surface area (Å²) in [5, 5.41) is 1.22. The van der Waals surface area contributed by atoms with Gasteiger partial charge in [-0.3, -0.25) is 0 Å². The van der Waals surface area contributed by atoms with E-state index in [9.17, 15) is 0 Å². The van der Waals surface area contributed by atoms with E-state index in [-0.39, 0.29) is 0 Å². The lowest BCUT2D eigenvalue weighted by Crippen LogP contribution is -1.88. The van der Waals surface area contributed by atoms with Crippen LogP contribution >= 0.6 is 8.46 Å². The minimum atomic E-state index is 0.430. The summed E-state index contributed by atoms with van der Waals surface area (Å²) >= 11 is 0. The maximum Gasteiger partial charge on any atom is -0.0584 e. The average molecular weight is 120 g/mol. The fraction of sp³-hybridized carbons (Fsp3) is 0. The molecule has 1 rings (SSSR count). The summed E-state index contributed by atoms with van der Waals surface area (Å²) in [7, 11) is 5.81. The van der Waals surface area contributed by atoms with Gasteiger partial charge in [0.25, 0.3) is 0 Å². The van der Waals surface area contributed by atoms with Crippen molar-refractivity contribution in [2.45, 2.75) is 0 Å². The van der Waals surface area contributed by atoms with Gasteiger partial charge in [-0.2, -0.15) is 0 Å². The Kier molecular flexibility index (Phi) is 2.11. The first kappa shape index (κ1) is 5.84. The summed E-state index contributed by atoms with van der Waals surface area (Å²) in [6.45, 7) is 0. The average Bonchev–Trinajstić information content (AvgIpc) is 1.90. The Morgan fingerprint density at radius 2 is 1.75 bits per heavy atom. The first-order chi connectivity index (χ1) is 3.93. The van der Waals surface area contributed by atoms with Crippen molar-refractivity contribution in [3.05, 3.63) is 30.3 Å². The molecule has 0 aliphatic heterocycles. The summed E-state index contributed by atoms with van der Waals surface area (Å²) < 4.78 is 0. The molecule has 0 aliphatic rings. The van der Waals surface area contributed by atoms with Gasteiger partial charge < -0.3 is 16.0 Å². The van der Waals surface area contributed by atoms with Gasteiger partial charge in [-0.05, 0) is 0 Å². The molecular formula is C6H6BP-. The van der Waals surface area contributed by atoms with Crippen LogP contribution in [0.1, 0.15) is 0 Å². The Hall–Kier alpha value is -0.285. The third kappa shape index (κ3) is 1.35. The SMILES string of the molecule is [B-]Pc1ccccc1. The Bertz CT molecular complexity index is 150. The van der Waals surface area contributed by atoms with Gasteiger partial charge in [-0.25, -0.2) is 0 Å². The van der Waals surface area contributed by atoms with Crippen molar-refractivity contribution < 1.29 is 0 Å². The van der Waals surface area contributed by atoms with Gasteiger partial charge in [0.1, 0.15) is 0 Å². The largest absolute Gasteiger partial charge is 0.578 e. The summed E-state index contributed by atoms with van der Waals surface area (Å²) in [5.41, 5.74) is 0. The van der Waals surface area contributed by atoms with Crippen molar-refractivity contribution in [1.29, 1.82) is 0 Å². The molecule has 3 radical (unpaired) electrons. The van der Waals surface area contributed by atoms with Crippen LogP contribution in [0.15, 0.2) is 30.3 Å². The van der Waals surface area contributed by atoms with Gasteiger partial charge in [-0.15, -0.1) is 0 Å². The molecule has 0 amide bonds. The second kappa shape index (κ2) is 2.89. The molecule has 0 aliphatic carbocycles. The standard InChI is InChI=1S/C6H6BP/c7-8-6-4-2-1-3-5-6/h1-5,8H/q-1. The topological polar surface area (TPSA) is 0 Å². The van der Waals surface area contributed by atoms with Crippen molar-refractivity contribution in [1.82, 2.24) is 0 Å². The van der Waals surface area contributed by atoms with E-state index in [0.717, 1.165) is 0 Å². The lowest BCUT2D eigenvalue weighted by atomic mass is 10.4. The van der Waals surface area contributed by atoms with Crippen LogP contribution in [0.25, 0.3) is 0 Å². The smallest absolute Gasteiger partial charge is 0.0584 e. The fourth-order valence-corrected chi connectivity index (χ4v) is 0.919. The van der Waals surface area contributed by atoms with Crippen LogP contribution in [0.2, 0.25) is 0 Å². The van der Waals surface area contributed by atoms with Gasteiger partial charge >= 0.3 is 0 Å². The molecule has 0 saturated carbocycles. The lowest BCUT2D eigenvalue weighted by Gasteiger charge is -2.03. The summed E-state index contributed by atoms with van der Waals surface area (Å²) in [4.78, 5) is 0. The highest BCUT2D eigenvalue weighted by molar-refractivity contribution is 7.73. The molecule has 39 valence electrons. The molecule has 0 aromatic heterocycles. The van der Waals surface area contributed by atoms with Crippen LogP contribution in [0.5, 0.6) is 0 Å². The zero-order valence-corrected chi connectivity index (χ0v) is 5.46. The number of rotatable bonds is 1. The molecule has 1 aromatic rings. The predicted molar refractivity (Wildman–Crippen MR) is 40.1 cm³/mol. The first-order valence-electron chi connectivity index (χ1n) is 2.45.